The highest BCUT2D eigenvalue weighted by molar-refractivity contribution is 5.62. The van der Waals surface area contributed by atoms with Crippen LogP contribution in [0.1, 0.15) is 29.9 Å². The number of aromatic nitrogens is 5. The molecule has 29 heavy (non-hydrogen) atoms. The Morgan fingerprint density at radius 2 is 2.07 bits per heavy atom. The second kappa shape index (κ2) is 7.52. The zero-order valence-electron chi connectivity index (χ0n) is 15.1. The number of rotatable bonds is 2. The largest absolute Gasteiger partial charge is 0.325 e. The minimum absolute atomic E-state index is 0.349. The Labute approximate surface area is 163 Å². The van der Waals surface area contributed by atoms with Gasteiger partial charge in [-0.05, 0) is 43.0 Å². The smallest absolute Gasteiger partial charge is 0.313 e. The summed E-state index contributed by atoms with van der Waals surface area (Å²) in [5.74, 6) is 0.123. The third-order valence-corrected chi connectivity index (χ3v) is 4.45. The molecule has 0 bridgehead atoms. The normalized spacial score (nSPS) is 12.8. The van der Waals surface area contributed by atoms with Gasteiger partial charge in [0.2, 0.25) is 0 Å². The number of aromatic amines is 2. The number of hydrogen-bond donors (Lipinski definition) is 2. The van der Waals surface area contributed by atoms with Gasteiger partial charge in [0.1, 0.15) is 5.82 Å². The van der Waals surface area contributed by atoms with Crippen LogP contribution >= 0.6 is 0 Å². The van der Waals surface area contributed by atoms with Crippen molar-refractivity contribution in [2.24, 2.45) is 0 Å². The third-order valence-electron chi connectivity index (χ3n) is 4.45. The van der Waals surface area contributed by atoms with Crippen molar-refractivity contribution in [1.82, 2.24) is 24.6 Å². The molecule has 0 aliphatic heterocycles. The highest BCUT2D eigenvalue weighted by Gasteiger charge is 2.27. The van der Waals surface area contributed by atoms with Crippen LogP contribution < -0.4 is 11.2 Å². The van der Waals surface area contributed by atoms with Crippen molar-refractivity contribution in [3.05, 3.63) is 86.7 Å². The van der Waals surface area contributed by atoms with E-state index in [0.717, 1.165) is 24.1 Å². The molecule has 144 valence electrons. The molecule has 8 nitrogen and oxygen atoms in total. The van der Waals surface area contributed by atoms with Gasteiger partial charge in [-0.2, -0.15) is 10.4 Å². The number of nitrogens with one attached hydrogen (secondary N) is 2. The van der Waals surface area contributed by atoms with Gasteiger partial charge in [-0.3, -0.25) is 9.78 Å². The average Bonchev–Trinajstić information content (AvgIpc) is 3.44. The molecular formula is C20H15FN6O2. The van der Waals surface area contributed by atoms with Crippen molar-refractivity contribution in [2.75, 3.05) is 0 Å². The molecule has 0 amide bonds. The van der Waals surface area contributed by atoms with E-state index in [1.807, 2.05) is 12.1 Å². The number of benzene rings is 1. The zero-order valence-corrected chi connectivity index (χ0v) is 15.1. The van der Waals surface area contributed by atoms with Crippen molar-refractivity contribution in [3.63, 3.8) is 0 Å². The summed E-state index contributed by atoms with van der Waals surface area (Å²) in [7, 11) is 0. The minimum Gasteiger partial charge on any atom is -0.313 e. The number of H-pyrrole nitrogens is 2. The van der Waals surface area contributed by atoms with Gasteiger partial charge in [0, 0.05) is 24.2 Å². The maximum Gasteiger partial charge on any atom is 0.325 e. The summed E-state index contributed by atoms with van der Waals surface area (Å²) in [4.78, 5) is 31.9. The zero-order chi connectivity index (χ0) is 20.4. The first-order valence-electron chi connectivity index (χ1n) is 8.87. The average molecular weight is 390 g/mol. The van der Waals surface area contributed by atoms with Gasteiger partial charge < -0.3 is 4.98 Å². The van der Waals surface area contributed by atoms with Crippen molar-refractivity contribution in [1.29, 1.82) is 5.26 Å². The summed E-state index contributed by atoms with van der Waals surface area (Å²) in [6.07, 6.45) is 7.10. The van der Waals surface area contributed by atoms with Gasteiger partial charge >= 0.3 is 5.69 Å². The third kappa shape index (κ3) is 3.96. The first kappa shape index (κ1) is 18.3. The van der Waals surface area contributed by atoms with Gasteiger partial charge in [0.25, 0.3) is 5.56 Å². The topological polar surface area (TPSA) is 120 Å². The number of nitrogens with zero attached hydrogens (tertiary/aromatic N) is 4. The molecule has 0 spiro atoms. The molecule has 0 saturated heterocycles. The second-order valence-corrected chi connectivity index (χ2v) is 6.56. The van der Waals surface area contributed by atoms with Crippen LogP contribution in [0.5, 0.6) is 0 Å². The highest BCUT2D eigenvalue weighted by atomic mass is 19.1. The van der Waals surface area contributed by atoms with Crippen LogP contribution in [-0.2, 0) is 0 Å². The molecule has 4 aromatic rings. The number of imidazole rings is 1. The number of fused-ring (bicyclic) bond motifs is 1. The molecule has 1 aliphatic carbocycles. The van der Waals surface area contributed by atoms with E-state index >= 15 is 0 Å². The van der Waals surface area contributed by atoms with E-state index in [9.17, 15) is 14.0 Å². The number of halogens is 1. The summed E-state index contributed by atoms with van der Waals surface area (Å²) in [6, 6.07) is 9.29. The van der Waals surface area contributed by atoms with Gasteiger partial charge in [-0.15, -0.1) is 0 Å². The van der Waals surface area contributed by atoms with Crippen LogP contribution in [0, 0.1) is 17.1 Å². The van der Waals surface area contributed by atoms with Crippen molar-refractivity contribution < 1.29 is 4.39 Å². The van der Waals surface area contributed by atoms with E-state index in [1.165, 1.54) is 24.4 Å². The molecule has 2 N–H and O–H groups in total. The van der Waals surface area contributed by atoms with E-state index in [2.05, 4.69) is 20.1 Å². The summed E-state index contributed by atoms with van der Waals surface area (Å²) >= 11 is 0. The Hall–Kier alpha value is -4.06. The lowest BCUT2D eigenvalue weighted by atomic mass is 10.1. The van der Waals surface area contributed by atoms with Crippen LogP contribution in [0.4, 0.5) is 4.39 Å². The quantitative estimate of drug-likeness (QED) is 0.544. The lowest BCUT2D eigenvalue weighted by molar-refractivity contribution is 0.627. The van der Waals surface area contributed by atoms with E-state index < -0.39 is 11.2 Å². The number of hydrogen-bond acceptors (Lipinski definition) is 5. The van der Waals surface area contributed by atoms with Crippen molar-refractivity contribution in [2.45, 2.75) is 18.8 Å². The molecule has 3 heterocycles. The van der Waals surface area contributed by atoms with Gasteiger partial charge in [0.05, 0.1) is 22.9 Å². The standard InChI is InChI=1S/C13H11N5O2.C7H4FN/c19-12-9(6-15-13(20)16-12)10-5-8(7-1-2-7)11-14-3-4-18(11)17-10;8-7-3-1-2-6(4-7)5-9/h3-7H,1-2H2,(H2,15,16,19,20);1-4H. The molecule has 5 rings (SSSR count). The Morgan fingerprint density at radius 3 is 2.72 bits per heavy atom. The number of nitriles is 1. The summed E-state index contributed by atoms with van der Waals surface area (Å²) < 4.78 is 13.9. The minimum atomic E-state index is -0.523. The van der Waals surface area contributed by atoms with E-state index in [1.54, 1.807) is 23.0 Å². The molecular weight excluding hydrogens is 375 g/mol. The van der Waals surface area contributed by atoms with Crippen molar-refractivity contribution in [3.8, 4) is 17.3 Å². The lowest BCUT2D eigenvalue weighted by Crippen LogP contribution is -2.23. The fraction of sp³-hybridized carbons (Fsp3) is 0.150. The van der Waals surface area contributed by atoms with Crippen LogP contribution in [-0.4, -0.2) is 24.6 Å². The first-order chi connectivity index (χ1) is 14.0. The molecule has 0 unspecified atom stereocenters. The van der Waals surface area contributed by atoms with E-state index in [0.29, 0.717) is 22.7 Å². The fourth-order valence-corrected chi connectivity index (χ4v) is 2.93. The van der Waals surface area contributed by atoms with Crippen LogP contribution in [0.2, 0.25) is 0 Å². The maximum absolute atomic E-state index is 12.2. The first-order valence-corrected chi connectivity index (χ1v) is 8.87. The molecule has 0 atom stereocenters. The molecule has 0 radical (unpaired) electrons. The van der Waals surface area contributed by atoms with Gasteiger partial charge in [0.15, 0.2) is 5.65 Å². The van der Waals surface area contributed by atoms with E-state index in [4.69, 9.17) is 5.26 Å². The second-order valence-electron chi connectivity index (χ2n) is 6.56. The maximum atomic E-state index is 12.2. The predicted octanol–water partition coefficient (Wildman–Crippen LogP) is 2.35. The predicted molar refractivity (Wildman–Crippen MR) is 103 cm³/mol. The Bertz CT molecular complexity index is 1340. The lowest BCUT2D eigenvalue weighted by Gasteiger charge is -2.05. The van der Waals surface area contributed by atoms with Crippen molar-refractivity contribution >= 4 is 5.65 Å². The Morgan fingerprint density at radius 1 is 1.24 bits per heavy atom. The van der Waals surface area contributed by atoms with E-state index in [-0.39, 0.29) is 5.82 Å². The molecule has 1 aromatic carbocycles. The molecule has 3 aromatic heterocycles. The van der Waals surface area contributed by atoms with Crippen LogP contribution in [0.15, 0.2) is 58.5 Å². The summed E-state index contributed by atoms with van der Waals surface area (Å²) in [5.41, 5.74) is 2.21. The highest BCUT2D eigenvalue weighted by Crippen LogP contribution is 2.42. The van der Waals surface area contributed by atoms with Gasteiger partial charge in [-0.1, -0.05) is 6.07 Å². The van der Waals surface area contributed by atoms with Crippen LogP contribution in [0.25, 0.3) is 16.9 Å². The van der Waals surface area contributed by atoms with Crippen LogP contribution in [0.3, 0.4) is 0 Å². The summed E-state index contributed by atoms with van der Waals surface area (Å²) in [6.45, 7) is 0. The monoisotopic (exact) mass is 390 g/mol. The molecule has 1 fully saturated rings. The molecule has 9 heteroatoms. The summed E-state index contributed by atoms with van der Waals surface area (Å²) in [5, 5.41) is 12.6. The molecule has 1 aliphatic rings. The Kier molecular flexibility index (Phi) is 4.75. The fourth-order valence-electron chi connectivity index (χ4n) is 2.93. The Balaban J connectivity index is 0.000000192. The van der Waals surface area contributed by atoms with Gasteiger partial charge in [-0.25, -0.2) is 18.7 Å². The SMILES string of the molecule is N#Cc1cccc(F)c1.O=c1[nH]cc(-c2cc(C3CC3)c3nccn3n2)c(=O)[nH]1. The molecule has 1 saturated carbocycles.